The van der Waals surface area contributed by atoms with Crippen LogP contribution in [0.2, 0.25) is 0 Å². The first-order valence-electron chi connectivity index (χ1n) is 12.2. The van der Waals surface area contributed by atoms with Gasteiger partial charge in [-0.05, 0) is 97.0 Å². The highest BCUT2D eigenvalue weighted by molar-refractivity contribution is 5.96. The molecule has 5 rings (SSSR count). The van der Waals surface area contributed by atoms with Crippen molar-refractivity contribution in [3.8, 4) is 34.1 Å². The predicted molar refractivity (Wildman–Crippen MR) is 141 cm³/mol. The number of hydrogen-bond donors (Lipinski definition) is 2. The summed E-state index contributed by atoms with van der Waals surface area (Å²) < 4.78 is 12.4. The van der Waals surface area contributed by atoms with Crippen molar-refractivity contribution < 1.29 is 14.6 Å². The summed E-state index contributed by atoms with van der Waals surface area (Å²) in [6.45, 7) is 3.98. The molecule has 4 aromatic carbocycles. The number of phenolic OH excluding ortho intramolecular Hbond substituents is 1. The zero-order valence-electron chi connectivity index (χ0n) is 19.7. The number of rotatable bonds is 8. The lowest BCUT2D eigenvalue weighted by molar-refractivity contribution is 0.183. The van der Waals surface area contributed by atoms with Gasteiger partial charge in [0.15, 0.2) is 0 Å². The van der Waals surface area contributed by atoms with Crippen molar-refractivity contribution in [2.45, 2.75) is 19.3 Å². The van der Waals surface area contributed by atoms with Crippen LogP contribution >= 0.6 is 0 Å². The van der Waals surface area contributed by atoms with Crippen LogP contribution in [-0.2, 0) is 0 Å². The number of ether oxygens (including phenoxy) is 2. The lowest BCUT2D eigenvalue weighted by atomic mass is 9.98. The number of phenols is 1. The van der Waals surface area contributed by atoms with E-state index in [0.717, 1.165) is 39.8 Å². The zero-order valence-corrected chi connectivity index (χ0v) is 19.7. The fourth-order valence-corrected chi connectivity index (χ4v) is 4.62. The topological polar surface area (TPSA) is 65.8 Å². The SMILES string of the molecule is N=Cc1cccc(-c2ccc3cc(O)ccc3c2Oc2ccc(OCCN3CCCCC3)cc2)c1. The van der Waals surface area contributed by atoms with Crippen LogP contribution < -0.4 is 9.47 Å². The predicted octanol–water partition coefficient (Wildman–Crippen LogP) is 6.87. The van der Waals surface area contributed by atoms with E-state index in [1.54, 1.807) is 12.1 Å². The van der Waals surface area contributed by atoms with Gasteiger partial charge in [-0.25, -0.2) is 0 Å². The summed E-state index contributed by atoms with van der Waals surface area (Å²) in [6, 6.07) is 24.8. The van der Waals surface area contributed by atoms with Crippen molar-refractivity contribution >= 4 is 17.0 Å². The molecular weight excluding hydrogens is 436 g/mol. The lowest BCUT2D eigenvalue weighted by Crippen LogP contribution is -2.33. The molecule has 1 aliphatic heterocycles. The van der Waals surface area contributed by atoms with E-state index >= 15 is 0 Å². The fraction of sp³-hybridized carbons (Fsp3) is 0.233. The van der Waals surface area contributed by atoms with Crippen molar-refractivity contribution in [3.63, 3.8) is 0 Å². The maximum atomic E-state index is 9.97. The van der Waals surface area contributed by atoms with E-state index in [4.69, 9.17) is 14.9 Å². The Morgan fingerprint density at radius 1 is 0.857 bits per heavy atom. The molecule has 0 aliphatic carbocycles. The summed E-state index contributed by atoms with van der Waals surface area (Å²) in [7, 11) is 0. The monoisotopic (exact) mass is 466 g/mol. The molecule has 5 heteroatoms. The number of fused-ring (bicyclic) bond motifs is 1. The number of aromatic hydroxyl groups is 1. The molecule has 0 unspecified atom stereocenters. The van der Waals surface area contributed by atoms with Crippen LogP contribution in [0, 0.1) is 5.41 Å². The Morgan fingerprint density at radius 2 is 1.66 bits per heavy atom. The quantitative estimate of drug-likeness (QED) is 0.278. The Morgan fingerprint density at radius 3 is 2.46 bits per heavy atom. The van der Waals surface area contributed by atoms with Gasteiger partial charge in [-0.1, -0.05) is 30.7 Å². The summed E-state index contributed by atoms with van der Waals surface area (Å²) in [5.41, 5.74) is 2.72. The van der Waals surface area contributed by atoms with Gasteiger partial charge in [-0.2, -0.15) is 0 Å². The Kier molecular flexibility index (Phi) is 6.96. The normalized spacial score (nSPS) is 14.1. The van der Waals surface area contributed by atoms with Crippen LogP contribution in [0.1, 0.15) is 24.8 Å². The average Bonchev–Trinajstić information content (AvgIpc) is 2.90. The minimum atomic E-state index is 0.216. The number of piperidine rings is 1. The third-order valence-corrected chi connectivity index (χ3v) is 6.49. The molecule has 0 amide bonds. The van der Waals surface area contributed by atoms with Gasteiger partial charge in [0.05, 0.1) is 0 Å². The molecule has 0 saturated carbocycles. The summed E-state index contributed by atoms with van der Waals surface area (Å²) in [6.07, 6.45) is 5.25. The molecule has 1 heterocycles. The molecule has 0 aromatic heterocycles. The zero-order chi connectivity index (χ0) is 24.0. The Hall–Kier alpha value is -3.83. The highest BCUT2D eigenvalue weighted by atomic mass is 16.5. The van der Waals surface area contributed by atoms with Gasteiger partial charge in [0.25, 0.3) is 0 Å². The second-order valence-corrected chi connectivity index (χ2v) is 8.94. The van der Waals surface area contributed by atoms with Crippen LogP contribution in [0.4, 0.5) is 0 Å². The van der Waals surface area contributed by atoms with Crippen molar-refractivity contribution in [1.29, 1.82) is 5.41 Å². The molecule has 2 N–H and O–H groups in total. The Labute approximate surface area is 206 Å². The summed E-state index contributed by atoms with van der Waals surface area (Å²) in [5.74, 6) is 2.46. The van der Waals surface area contributed by atoms with Gasteiger partial charge in [0.1, 0.15) is 29.6 Å². The first kappa shape index (κ1) is 22.9. The molecule has 178 valence electrons. The van der Waals surface area contributed by atoms with E-state index in [1.807, 2.05) is 66.7 Å². The maximum Gasteiger partial charge on any atom is 0.143 e. The van der Waals surface area contributed by atoms with Crippen molar-refractivity contribution in [3.05, 3.63) is 84.4 Å². The number of nitrogens with one attached hydrogen (secondary N) is 1. The smallest absolute Gasteiger partial charge is 0.143 e. The summed E-state index contributed by atoms with van der Waals surface area (Å²) >= 11 is 0. The van der Waals surface area contributed by atoms with E-state index in [9.17, 15) is 5.11 Å². The van der Waals surface area contributed by atoms with Gasteiger partial charge in [-0.3, -0.25) is 4.90 Å². The average molecular weight is 467 g/mol. The molecule has 1 saturated heterocycles. The molecule has 35 heavy (non-hydrogen) atoms. The highest BCUT2D eigenvalue weighted by Gasteiger charge is 2.14. The molecule has 1 fully saturated rings. The first-order chi connectivity index (χ1) is 17.2. The number of hydrogen-bond acceptors (Lipinski definition) is 5. The van der Waals surface area contributed by atoms with Crippen molar-refractivity contribution in [1.82, 2.24) is 4.90 Å². The van der Waals surface area contributed by atoms with Crippen LogP contribution in [0.25, 0.3) is 21.9 Å². The Balaban J connectivity index is 1.38. The van der Waals surface area contributed by atoms with E-state index in [-0.39, 0.29) is 5.75 Å². The highest BCUT2D eigenvalue weighted by Crippen LogP contribution is 2.41. The molecule has 4 aromatic rings. The van der Waals surface area contributed by atoms with E-state index in [2.05, 4.69) is 4.90 Å². The number of likely N-dealkylation sites (tertiary alicyclic amines) is 1. The minimum absolute atomic E-state index is 0.216. The second kappa shape index (κ2) is 10.6. The molecule has 0 bridgehead atoms. The van der Waals surface area contributed by atoms with Gasteiger partial charge in [0.2, 0.25) is 0 Å². The molecule has 0 radical (unpaired) electrons. The molecule has 0 spiro atoms. The van der Waals surface area contributed by atoms with E-state index < -0.39 is 0 Å². The fourth-order valence-electron chi connectivity index (χ4n) is 4.62. The van der Waals surface area contributed by atoms with Gasteiger partial charge >= 0.3 is 0 Å². The standard InChI is InChI=1S/C30H30N2O3/c31-21-22-5-4-6-23(19-22)28-13-7-24-20-25(33)8-14-29(24)30(28)35-27-11-9-26(10-12-27)34-18-17-32-15-2-1-3-16-32/h4-14,19-21,31,33H,1-3,15-18H2. The van der Waals surface area contributed by atoms with Crippen LogP contribution in [-0.4, -0.2) is 42.5 Å². The van der Waals surface area contributed by atoms with Crippen molar-refractivity contribution in [2.75, 3.05) is 26.2 Å². The van der Waals surface area contributed by atoms with Gasteiger partial charge < -0.3 is 20.0 Å². The first-order valence-corrected chi connectivity index (χ1v) is 12.2. The lowest BCUT2D eigenvalue weighted by Gasteiger charge is -2.26. The molecule has 5 nitrogen and oxygen atoms in total. The third-order valence-electron chi connectivity index (χ3n) is 6.49. The summed E-state index contributed by atoms with van der Waals surface area (Å²) in [5, 5.41) is 19.4. The van der Waals surface area contributed by atoms with Crippen LogP contribution in [0.15, 0.2) is 78.9 Å². The van der Waals surface area contributed by atoms with Crippen LogP contribution in [0.5, 0.6) is 23.0 Å². The third kappa shape index (κ3) is 5.47. The molecular formula is C30H30N2O3. The van der Waals surface area contributed by atoms with E-state index in [0.29, 0.717) is 18.1 Å². The maximum absolute atomic E-state index is 9.97. The van der Waals surface area contributed by atoms with Crippen molar-refractivity contribution in [2.24, 2.45) is 0 Å². The molecule has 0 atom stereocenters. The minimum Gasteiger partial charge on any atom is -0.508 e. The number of nitrogens with zero attached hydrogens (tertiary/aromatic N) is 1. The van der Waals surface area contributed by atoms with E-state index in [1.165, 1.54) is 38.6 Å². The van der Waals surface area contributed by atoms with Crippen LogP contribution in [0.3, 0.4) is 0 Å². The second-order valence-electron chi connectivity index (χ2n) is 8.94. The molecule has 1 aliphatic rings. The number of benzene rings is 4. The summed E-state index contributed by atoms with van der Waals surface area (Å²) in [4.78, 5) is 2.47. The Bertz CT molecular complexity index is 1310. The van der Waals surface area contributed by atoms with Gasteiger partial charge in [0, 0.05) is 23.7 Å². The van der Waals surface area contributed by atoms with Gasteiger partial charge in [-0.15, -0.1) is 0 Å². The largest absolute Gasteiger partial charge is 0.508 e.